The van der Waals surface area contributed by atoms with E-state index in [9.17, 15) is 4.79 Å². The van der Waals surface area contributed by atoms with Gasteiger partial charge in [-0.1, -0.05) is 16.8 Å². The Morgan fingerprint density at radius 2 is 2.32 bits per heavy atom. The molecular weight excluding hydrogens is 268 g/mol. The molecule has 0 bridgehead atoms. The van der Waals surface area contributed by atoms with E-state index in [2.05, 4.69) is 20.4 Å². The van der Waals surface area contributed by atoms with Crippen molar-refractivity contribution in [2.45, 2.75) is 25.3 Å². The Morgan fingerprint density at radius 3 is 3.00 bits per heavy atom. The van der Waals surface area contributed by atoms with Crippen LogP contribution in [0.25, 0.3) is 0 Å². The van der Waals surface area contributed by atoms with E-state index >= 15 is 0 Å². The van der Waals surface area contributed by atoms with Gasteiger partial charge in [0, 0.05) is 12.1 Å². The van der Waals surface area contributed by atoms with E-state index in [1.165, 1.54) is 6.20 Å². The summed E-state index contributed by atoms with van der Waals surface area (Å²) in [7, 11) is 0. The summed E-state index contributed by atoms with van der Waals surface area (Å²) >= 11 is 5.70. The van der Waals surface area contributed by atoms with E-state index < -0.39 is 0 Å². The SMILES string of the molecule is O=C(NCc1nc(C2CC2)no1)c1ccc(Cl)cn1. The summed E-state index contributed by atoms with van der Waals surface area (Å²) in [6, 6.07) is 3.17. The van der Waals surface area contributed by atoms with Crippen LogP contribution in [-0.4, -0.2) is 21.0 Å². The Hall–Kier alpha value is -1.95. The van der Waals surface area contributed by atoms with Crippen LogP contribution in [0.1, 0.15) is 41.0 Å². The quantitative estimate of drug-likeness (QED) is 0.924. The van der Waals surface area contributed by atoms with Gasteiger partial charge < -0.3 is 9.84 Å². The molecule has 3 rings (SSSR count). The fourth-order valence-electron chi connectivity index (χ4n) is 1.60. The molecule has 2 aromatic heterocycles. The summed E-state index contributed by atoms with van der Waals surface area (Å²) in [6.07, 6.45) is 3.65. The van der Waals surface area contributed by atoms with Gasteiger partial charge in [0.2, 0.25) is 5.89 Å². The number of amides is 1. The van der Waals surface area contributed by atoms with Gasteiger partial charge in [0.25, 0.3) is 5.91 Å². The van der Waals surface area contributed by atoms with E-state index in [0.717, 1.165) is 18.7 Å². The van der Waals surface area contributed by atoms with Crippen LogP contribution < -0.4 is 5.32 Å². The molecule has 1 fully saturated rings. The van der Waals surface area contributed by atoms with E-state index in [-0.39, 0.29) is 12.5 Å². The summed E-state index contributed by atoms with van der Waals surface area (Å²) in [5.41, 5.74) is 0.298. The Bertz CT molecular complexity index is 592. The third-order valence-electron chi connectivity index (χ3n) is 2.79. The van der Waals surface area contributed by atoms with Crippen molar-refractivity contribution in [2.24, 2.45) is 0 Å². The molecule has 0 saturated heterocycles. The van der Waals surface area contributed by atoms with Crippen LogP contribution in [-0.2, 0) is 6.54 Å². The second-order valence-corrected chi connectivity index (χ2v) is 4.80. The molecule has 19 heavy (non-hydrogen) atoms. The highest BCUT2D eigenvalue weighted by Gasteiger charge is 2.28. The van der Waals surface area contributed by atoms with Gasteiger partial charge in [-0.2, -0.15) is 4.98 Å². The number of aromatic nitrogens is 3. The van der Waals surface area contributed by atoms with Crippen molar-refractivity contribution < 1.29 is 9.32 Å². The van der Waals surface area contributed by atoms with Crippen LogP contribution >= 0.6 is 11.6 Å². The summed E-state index contributed by atoms with van der Waals surface area (Å²) in [5, 5.41) is 7.03. The fourth-order valence-corrected chi connectivity index (χ4v) is 1.72. The minimum atomic E-state index is -0.303. The molecule has 0 aliphatic heterocycles. The van der Waals surface area contributed by atoms with E-state index in [1.807, 2.05) is 0 Å². The van der Waals surface area contributed by atoms with Crippen molar-refractivity contribution in [3.05, 3.63) is 40.8 Å². The van der Waals surface area contributed by atoms with Gasteiger partial charge in [-0.15, -0.1) is 0 Å². The third kappa shape index (κ3) is 2.90. The second-order valence-electron chi connectivity index (χ2n) is 4.36. The second kappa shape index (κ2) is 4.97. The molecule has 0 radical (unpaired) electrons. The van der Waals surface area contributed by atoms with Gasteiger partial charge in [-0.3, -0.25) is 4.79 Å². The van der Waals surface area contributed by atoms with Crippen LogP contribution in [0.3, 0.4) is 0 Å². The summed E-state index contributed by atoms with van der Waals surface area (Å²) < 4.78 is 5.05. The fraction of sp³-hybridized carbons (Fsp3) is 0.333. The van der Waals surface area contributed by atoms with Crippen molar-refractivity contribution >= 4 is 17.5 Å². The molecule has 0 aromatic carbocycles. The molecular formula is C12H11ClN4O2. The monoisotopic (exact) mass is 278 g/mol. The molecule has 0 unspecified atom stereocenters. The van der Waals surface area contributed by atoms with Crippen molar-refractivity contribution in [1.29, 1.82) is 0 Å². The van der Waals surface area contributed by atoms with Gasteiger partial charge in [-0.25, -0.2) is 4.98 Å². The number of halogens is 1. The maximum absolute atomic E-state index is 11.8. The average Bonchev–Trinajstić information content (AvgIpc) is 3.16. The van der Waals surface area contributed by atoms with Crippen LogP contribution in [0.15, 0.2) is 22.9 Å². The first-order valence-electron chi connectivity index (χ1n) is 5.94. The standard InChI is InChI=1S/C12H11ClN4O2/c13-8-3-4-9(14-5-8)12(18)15-6-10-16-11(17-19-10)7-1-2-7/h3-5,7H,1-2,6H2,(H,15,18). The number of nitrogens with one attached hydrogen (secondary N) is 1. The zero-order chi connectivity index (χ0) is 13.2. The molecule has 0 atom stereocenters. The normalized spacial score (nSPS) is 14.4. The third-order valence-corrected chi connectivity index (χ3v) is 3.01. The summed E-state index contributed by atoms with van der Waals surface area (Å²) in [4.78, 5) is 19.9. The molecule has 0 spiro atoms. The molecule has 7 heteroatoms. The van der Waals surface area contributed by atoms with E-state index in [4.69, 9.17) is 16.1 Å². The lowest BCUT2D eigenvalue weighted by Gasteiger charge is -2.01. The topological polar surface area (TPSA) is 80.9 Å². The van der Waals surface area contributed by atoms with E-state index in [1.54, 1.807) is 12.1 Å². The molecule has 6 nitrogen and oxygen atoms in total. The molecule has 1 aliphatic carbocycles. The van der Waals surface area contributed by atoms with Gasteiger partial charge in [0.1, 0.15) is 5.69 Å². The van der Waals surface area contributed by atoms with Crippen molar-refractivity contribution in [3.8, 4) is 0 Å². The molecule has 1 N–H and O–H groups in total. The van der Waals surface area contributed by atoms with Gasteiger partial charge in [-0.05, 0) is 25.0 Å². The maximum atomic E-state index is 11.8. The minimum absolute atomic E-state index is 0.197. The van der Waals surface area contributed by atoms with Crippen molar-refractivity contribution in [1.82, 2.24) is 20.4 Å². The lowest BCUT2D eigenvalue weighted by Crippen LogP contribution is -2.23. The Kier molecular flexibility index (Phi) is 3.16. The lowest BCUT2D eigenvalue weighted by molar-refractivity contribution is 0.0941. The lowest BCUT2D eigenvalue weighted by atomic mass is 10.3. The smallest absolute Gasteiger partial charge is 0.270 e. The largest absolute Gasteiger partial charge is 0.342 e. The molecule has 2 heterocycles. The molecule has 1 amide bonds. The number of hydrogen-bond donors (Lipinski definition) is 1. The van der Waals surface area contributed by atoms with Crippen molar-refractivity contribution in [3.63, 3.8) is 0 Å². The zero-order valence-electron chi connectivity index (χ0n) is 9.97. The number of carbonyl (C=O) groups is 1. The summed E-state index contributed by atoms with van der Waals surface area (Å²) in [5.74, 6) is 1.27. The number of pyridine rings is 1. The molecule has 1 saturated carbocycles. The first-order valence-corrected chi connectivity index (χ1v) is 6.32. The first kappa shape index (κ1) is 12.1. The average molecular weight is 279 g/mol. The zero-order valence-corrected chi connectivity index (χ0v) is 10.7. The minimum Gasteiger partial charge on any atom is -0.342 e. The maximum Gasteiger partial charge on any atom is 0.270 e. The van der Waals surface area contributed by atoms with Crippen LogP contribution in [0.4, 0.5) is 0 Å². The molecule has 1 aliphatic rings. The van der Waals surface area contributed by atoms with Gasteiger partial charge >= 0.3 is 0 Å². The van der Waals surface area contributed by atoms with E-state index in [0.29, 0.717) is 22.5 Å². The Labute approximate surface area is 114 Å². The van der Waals surface area contributed by atoms with Gasteiger partial charge in [0.15, 0.2) is 5.82 Å². The highest BCUT2D eigenvalue weighted by Crippen LogP contribution is 2.37. The Morgan fingerprint density at radius 1 is 1.47 bits per heavy atom. The van der Waals surface area contributed by atoms with Crippen LogP contribution in [0.5, 0.6) is 0 Å². The van der Waals surface area contributed by atoms with Crippen LogP contribution in [0, 0.1) is 0 Å². The predicted molar refractivity (Wildman–Crippen MR) is 66.7 cm³/mol. The summed E-state index contributed by atoms with van der Waals surface area (Å²) in [6.45, 7) is 0.197. The highest BCUT2D eigenvalue weighted by atomic mass is 35.5. The number of carbonyl (C=O) groups excluding carboxylic acids is 1. The molecule has 98 valence electrons. The number of nitrogens with zero attached hydrogens (tertiary/aromatic N) is 3. The first-order chi connectivity index (χ1) is 9.22. The predicted octanol–water partition coefficient (Wildman–Crippen LogP) is 1.93. The molecule has 2 aromatic rings. The Balaban J connectivity index is 1.58. The highest BCUT2D eigenvalue weighted by molar-refractivity contribution is 6.30. The van der Waals surface area contributed by atoms with Crippen molar-refractivity contribution in [2.75, 3.05) is 0 Å². The number of hydrogen-bond acceptors (Lipinski definition) is 5. The number of rotatable bonds is 4. The van der Waals surface area contributed by atoms with Gasteiger partial charge in [0.05, 0.1) is 11.6 Å². The van der Waals surface area contributed by atoms with Crippen LogP contribution in [0.2, 0.25) is 5.02 Å².